The Morgan fingerprint density at radius 3 is 2.54 bits per heavy atom. The summed E-state index contributed by atoms with van der Waals surface area (Å²) in [5, 5.41) is 10.3. The fourth-order valence-electron chi connectivity index (χ4n) is 2.71. The first kappa shape index (κ1) is 18.1. The summed E-state index contributed by atoms with van der Waals surface area (Å²) in [7, 11) is 0. The number of hydrogen-bond donors (Lipinski definition) is 4. The van der Waals surface area contributed by atoms with Crippen LogP contribution < -0.4 is 21.3 Å². The zero-order chi connectivity index (χ0) is 17.5. The molecule has 130 valence electrons. The Hall–Kier alpha value is -2.21. The molecule has 9 heteroatoms. The quantitative estimate of drug-likeness (QED) is 0.395. The highest BCUT2D eigenvalue weighted by molar-refractivity contribution is 8.00. The lowest BCUT2D eigenvalue weighted by atomic mass is 9.99. The summed E-state index contributed by atoms with van der Waals surface area (Å²) < 4.78 is 0. The summed E-state index contributed by atoms with van der Waals surface area (Å²) in [4.78, 5) is 46.2. The van der Waals surface area contributed by atoms with Crippen molar-refractivity contribution in [1.82, 2.24) is 21.3 Å². The van der Waals surface area contributed by atoms with Crippen LogP contribution in [0.15, 0.2) is 0 Å². The molecule has 3 atom stereocenters. The van der Waals surface area contributed by atoms with E-state index >= 15 is 0 Å². The minimum absolute atomic E-state index is 0.0400. The second-order valence-electron chi connectivity index (χ2n) is 5.67. The zero-order valence-corrected chi connectivity index (χ0v) is 13.9. The van der Waals surface area contributed by atoms with Gasteiger partial charge in [0.1, 0.15) is 0 Å². The number of thioether (sulfide) groups is 1. The minimum Gasteiger partial charge on any atom is -0.352 e. The van der Waals surface area contributed by atoms with Gasteiger partial charge in [-0.3, -0.25) is 19.2 Å². The second-order valence-corrected chi connectivity index (χ2v) is 6.94. The lowest BCUT2D eigenvalue weighted by molar-refractivity contribution is -0.127. The van der Waals surface area contributed by atoms with E-state index in [1.54, 1.807) is 11.8 Å². The molecule has 4 amide bonds. The molecule has 0 spiro atoms. The van der Waals surface area contributed by atoms with Crippen molar-refractivity contribution in [2.75, 3.05) is 25.4 Å². The third-order valence-electron chi connectivity index (χ3n) is 3.87. The topological polar surface area (TPSA) is 116 Å². The maximum absolute atomic E-state index is 11.9. The van der Waals surface area contributed by atoms with Crippen LogP contribution in [0, 0.1) is 18.3 Å². The molecule has 0 bridgehead atoms. The van der Waals surface area contributed by atoms with Crippen LogP contribution in [-0.2, 0) is 19.2 Å². The van der Waals surface area contributed by atoms with Crippen molar-refractivity contribution in [1.29, 1.82) is 0 Å². The van der Waals surface area contributed by atoms with Gasteiger partial charge >= 0.3 is 0 Å². The lowest BCUT2D eigenvalue weighted by Gasteiger charge is -2.17. The average Bonchev–Trinajstić information content (AvgIpc) is 3.09. The third kappa shape index (κ3) is 5.16. The van der Waals surface area contributed by atoms with E-state index < -0.39 is 11.8 Å². The van der Waals surface area contributed by atoms with Crippen LogP contribution in [0.2, 0.25) is 0 Å². The van der Waals surface area contributed by atoms with Gasteiger partial charge in [-0.05, 0) is 11.7 Å². The number of fused-ring (bicyclic) bond motifs is 1. The Bertz CT molecular complexity index is 574. The predicted octanol–water partition coefficient (Wildman–Crippen LogP) is -2.02. The molecule has 0 aromatic heterocycles. The molecule has 24 heavy (non-hydrogen) atoms. The highest BCUT2D eigenvalue weighted by Gasteiger charge is 2.43. The summed E-state index contributed by atoms with van der Waals surface area (Å²) in [6.07, 6.45) is 5.78. The first-order valence-corrected chi connectivity index (χ1v) is 8.69. The van der Waals surface area contributed by atoms with Crippen molar-refractivity contribution in [2.24, 2.45) is 5.92 Å². The number of nitrogens with one attached hydrogen (secondary N) is 4. The summed E-state index contributed by atoms with van der Waals surface area (Å²) in [5.74, 6) is 2.36. The van der Waals surface area contributed by atoms with Gasteiger partial charge in [0.05, 0.1) is 19.6 Å². The number of amides is 4. The molecule has 2 saturated heterocycles. The van der Waals surface area contributed by atoms with Crippen molar-refractivity contribution in [3.05, 3.63) is 0 Å². The van der Waals surface area contributed by atoms with Gasteiger partial charge in [0.15, 0.2) is 0 Å². The Labute approximate surface area is 144 Å². The molecule has 4 N–H and O–H groups in total. The van der Waals surface area contributed by atoms with E-state index in [4.69, 9.17) is 6.42 Å². The van der Waals surface area contributed by atoms with Gasteiger partial charge in [0.25, 0.3) is 0 Å². The summed E-state index contributed by atoms with van der Waals surface area (Å²) in [6, 6.07) is 0.0435. The van der Waals surface area contributed by atoms with Crippen LogP contribution in [0.3, 0.4) is 0 Å². The molecule has 2 aliphatic heterocycles. The van der Waals surface area contributed by atoms with E-state index in [0.29, 0.717) is 12.3 Å². The van der Waals surface area contributed by atoms with Crippen LogP contribution in [0.4, 0.5) is 0 Å². The van der Waals surface area contributed by atoms with E-state index in [9.17, 15) is 19.2 Å². The van der Waals surface area contributed by atoms with Crippen LogP contribution in [0.25, 0.3) is 0 Å². The SMILES string of the molecule is C#CCNC(=O)CNC(=O)CNC(=O)CC1SCC2CC(=O)NC21. The molecular formula is C15H20N4O4S. The molecule has 2 heterocycles. The first-order chi connectivity index (χ1) is 11.5. The molecule has 0 aliphatic carbocycles. The molecule has 3 unspecified atom stereocenters. The van der Waals surface area contributed by atoms with Gasteiger partial charge in [0, 0.05) is 24.1 Å². The van der Waals surface area contributed by atoms with Gasteiger partial charge in [-0.1, -0.05) is 5.92 Å². The van der Waals surface area contributed by atoms with Gasteiger partial charge in [-0.2, -0.15) is 11.8 Å². The van der Waals surface area contributed by atoms with E-state index in [1.165, 1.54) is 0 Å². The maximum Gasteiger partial charge on any atom is 0.240 e. The fourth-order valence-corrected chi connectivity index (χ4v) is 4.30. The van der Waals surface area contributed by atoms with Crippen molar-refractivity contribution >= 4 is 35.4 Å². The van der Waals surface area contributed by atoms with Gasteiger partial charge in [-0.25, -0.2) is 0 Å². The zero-order valence-electron chi connectivity index (χ0n) is 13.1. The molecule has 0 radical (unpaired) electrons. The van der Waals surface area contributed by atoms with Crippen molar-refractivity contribution in [3.63, 3.8) is 0 Å². The number of hydrogen-bond acceptors (Lipinski definition) is 5. The lowest BCUT2D eigenvalue weighted by Crippen LogP contribution is -2.43. The molecular weight excluding hydrogens is 332 g/mol. The third-order valence-corrected chi connectivity index (χ3v) is 5.38. The normalized spacial score (nSPS) is 24.5. The maximum atomic E-state index is 11.9. The number of carbonyl (C=O) groups excluding carboxylic acids is 4. The highest BCUT2D eigenvalue weighted by Crippen LogP contribution is 2.38. The monoisotopic (exact) mass is 352 g/mol. The Morgan fingerprint density at radius 2 is 1.83 bits per heavy atom. The highest BCUT2D eigenvalue weighted by atomic mass is 32.2. The smallest absolute Gasteiger partial charge is 0.240 e. The van der Waals surface area contributed by atoms with Crippen LogP contribution in [0.1, 0.15) is 12.8 Å². The van der Waals surface area contributed by atoms with E-state index in [2.05, 4.69) is 27.2 Å². The largest absolute Gasteiger partial charge is 0.352 e. The van der Waals surface area contributed by atoms with Crippen LogP contribution in [-0.4, -0.2) is 60.3 Å². The van der Waals surface area contributed by atoms with Gasteiger partial charge in [-0.15, -0.1) is 6.42 Å². The Morgan fingerprint density at radius 1 is 1.17 bits per heavy atom. The number of terminal acetylenes is 1. The number of carbonyl (C=O) groups is 4. The van der Waals surface area contributed by atoms with Crippen LogP contribution >= 0.6 is 11.8 Å². The molecule has 2 fully saturated rings. The first-order valence-electron chi connectivity index (χ1n) is 7.64. The Balaban J connectivity index is 1.63. The van der Waals surface area contributed by atoms with Crippen molar-refractivity contribution in [3.8, 4) is 12.3 Å². The molecule has 2 rings (SSSR count). The van der Waals surface area contributed by atoms with E-state index in [-0.39, 0.29) is 49.2 Å². The molecule has 2 aliphatic rings. The van der Waals surface area contributed by atoms with E-state index in [1.807, 2.05) is 0 Å². The fraction of sp³-hybridized carbons (Fsp3) is 0.600. The molecule has 8 nitrogen and oxygen atoms in total. The number of rotatable bonds is 7. The molecule has 0 saturated carbocycles. The van der Waals surface area contributed by atoms with E-state index in [0.717, 1.165) is 5.75 Å². The molecule has 0 aromatic rings. The Kier molecular flexibility index (Phi) is 6.49. The predicted molar refractivity (Wildman–Crippen MR) is 88.8 cm³/mol. The summed E-state index contributed by atoms with van der Waals surface area (Å²) >= 11 is 1.68. The summed E-state index contributed by atoms with van der Waals surface area (Å²) in [6.45, 7) is -0.285. The van der Waals surface area contributed by atoms with Gasteiger partial charge in [0.2, 0.25) is 23.6 Å². The second kappa shape index (κ2) is 8.59. The van der Waals surface area contributed by atoms with Crippen molar-refractivity contribution < 1.29 is 19.2 Å². The van der Waals surface area contributed by atoms with Crippen LogP contribution in [0.5, 0.6) is 0 Å². The van der Waals surface area contributed by atoms with Gasteiger partial charge < -0.3 is 21.3 Å². The molecule has 0 aromatic carbocycles. The van der Waals surface area contributed by atoms with Crippen molar-refractivity contribution in [2.45, 2.75) is 24.1 Å². The average molecular weight is 352 g/mol. The standard InChI is InChI=1S/C15H20N4O4S/c1-2-3-16-13(22)6-18-14(23)7-17-11(20)5-10-15-9(8-24-10)4-12(21)19-15/h1,9-10,15H,3-8H2,(H,16,22)(H,17,20)(H,18,23)(H,19,21). The minimum atomic E-state index is -0.453. The summed E-state index contributed by atoms with van der Waals surface area (Å²) in [5.41, 5.74) is 0.